The molecule has 0 spiro atoms. The Morgan fingerprint density at radius 1 is 1.42 bits per heavy atom. The van der Waals surface area contributed by atoms with E-state index in [4.69, 9.17) is 4.74 Å². The molecule has 6 heteroatoms. The Labute approximate surface area is 111 Å². The molecule has 0 saturated heterocycles. The Morgan fingerprint density at radius 3 is 2.89 bits per heavy atom. The number of hydrogen-bond donors (Lipinski definition) is 1. The van der Waals surface area contributed by atoms with E-state index in [0.717, 1.165) is 25.5 Å². The van der Waals surface area contributed by atoms with Crippen molar-refractivity contribution in [1.29, 1.82) is 0 Å². The van der Waals surface area contributed by atoms with E-state index in [1.54, 1.807) is 6.07 Å². The van der Waals surface area contributed by atoms with Gasteiger partial charge in [-0.15, -0.1) is 0 Å². The molecular weight excluding hydrogens is 251 g/mol. The van der Waals surface area contributed by atoms with Gasteiger partial charge in [-0.3, -0.25) is 10.1 Å². The number of halogens is 1. The first-order valence-electron chi connectivity index (χ1n) is 6.37. The predicted molar refractivity (Wildman–Crippen MR) is 70.5 cm³/mol. The van der Waals surface area contributed by atoms with Crippen molar-refractivity contribution in [3.05, 3.63) is 39.7 Å². The summed E-state index contributed by atoms with van der Waals surface area (Å²) in [5.41, 5.74) is -0.172. The first-order valence-corrected chi connectivity index (χ1v) is 6.37. The highest BCUT2D eigenvalue weighted by Crippen LogP contribution is 2.19. The normalized spacial score (nSPS) is 10.6. The van der Waals surface area contributed by atoms with E-state index in [9.17, 15) is 14.5 Å². The minimum atomic E-state index is -0.762. The third-order valence-electron chi connectivity index (χ3n) is 2.56. The van der Waals surface area contributed by atoms with Gasteiger partial charge in [0.2, 0.25) is 5.82 Å². The fourth-order valence-electron chi connectivity index (χ4n) is 1.61. The van der Waals surface area contributed by atoms with E-state index in [-0.39, 0.29) is 6.54 Å². The number of hydrogen-bond acceptors (Lipinski definition) is 4. The van der Waals surface area contributed by atoms with E-state index in [2.05, 4.69) is 5.32 Å². The highest BCUT2D eigenvalue weighted by atomic mass is 19.1. The lowest BCUT2D eigenvalue weighted by Crippen LogP contribution is -2.17. The molecule has 0 amide bonds. The van der Waals surface area contributed by atoms with Gasteiger partial charge in [-0.2, -0.15) is 4.39 Å². The molecular formula is C13H19FN2O3. The maximum absolute atomic E-state index is 13.7. The van der Waals surface area contributed by atoms with Crippen LogP contribution in [-0.2, 0) is 11.3 Å². The first-order chi connectivity index (χ1) is 9.16. The fraction of sp³-hybridized carbons (Fsp3) is 0.538. The van der Waals surface area contributed by atoms with Crippen LogP contribution in [-0.4, -0.2) is 24.7 Å². The lowest BCUT2D eigenvalue weighted by molar-refractivity contribution is -0.387. The van der Waals surface area contributed by atoms with E-state index in [1.165, 1.54) is 6.07 Å². The topological polar surface area (TPSA) is 64.4 Å². The van der Waals surface area contributed by atoms with Crippen LogP contribution in [0.2, 0.25) is 0 Å². The summed E-state index contributed by atoms with van der Waals surface area (Å²) in [5.74, 6) is -0.762. The van der Waals surface area contributed by atoms with Gasteiger partial charge in [-0.1, -0.05) is 19.1 Å². The van der Waals surface area contributed by atoms with Gasteiger partial charge in [0.05, 0.1) is 4.92 Å². The van der Waals surface area contributed by atoms with Crippen LogP contribution in [0.3, 0.4) is 0 Å². The maximum Gasteiger partial charge on any atom is 0.305 e. The molecule has 106 valence electrons. The third-order valence-corrected chi connectivity index (χ3v) is 2.56. The minimum Gasteiger partial charge on any atom is -0.381 e. The van der Waals surface area contributed by atoms with Crippen LogP contribution in [0.1, 0.15) is 25.3 Å². The Hall–Kier alpha value is -1.53. The molecule has 0 bridgehead atoms. The molecule has 1 N–H and O–H groups in total. The zero-order chi connectivity index (χ0) is 14.1. The molecule has 5 nitrogen and oxygen atoms in total. The molecule has 0 radical (unpaired) electrons. The summed E-state index contributed by atoms with van der Waals surface area (Å²) in [4.78, 5) is 9.87. The summed E-state index contributed by atoms with van der Waals surface area (Å²) in [6, 6.07) is 4.20. The summed E-state index contributed by atoms with van der Waals surface area (Å²) < 4.78 is 19.0. The van der Waals surface area contributed by atoms with Gasteiger partial charge in [-0.25, -0.2) is 0 Å². The summed E-state index contributed by atoms with van der Waals surface area (Å²) in [6.45, 7) is 4.42. The van der Waals surface area contributed by atoms with E-state index in [0.29, 0.717) is 18.7 Å². The lowest BCUT2D eigenvalue weighted by atomic mass is 10.2. The van der Waals surface area contributed by atoms with Crippen LogP contribution in [0.4, 0.5) is 10.1 Å². The monoisotopic (exact) mass is 270 g/mol. The first kappa shape index (κ1) is 15.5. The summed E-state index contributed by atoms with van der Waals surface area (Å²) in [6.07, 6.45) is 1.82. The van der Waals surface area contributed by atoms with Gasteiger partial charge >= 0.3 is 5.69 Å². The molecule has 0 aliphatic carbocycles. The van der Waals surface area contributed by atoms with Crippen LogP contribution in [0.25, 0.3) is 0 Å². The average Bonchev–Trinajstić information content (AvgIpc) is 2.39. The smallest absolute Gasteiger partial charge is 0.305 e. The average molecular weight is 270 g/mol. The van der Waals surface area contributed by atoms with E-state index in [1.807, 2.05) is 6.92 Å². The minimum absolute atomic E-state index is 0.279. The zero-order valence-corrected chi connectivity index (χ0v) is 11.0. The maximum atomic E-state index is 13.7. The number of nitro groups is 1. The standard InChI is InChI=1S/C13H19FN2O3/c1-2-8-19-9-4-7-15-10-11-5-3-6-12(13(11)14)16(17)18/h3,5-6,15H,2,4,7-10H2,1H3. The number of nitro benzene ring substituents is 1. The van der Waals surface area contributed by atoms with Crippen molar-refractivity contribution in [2.24, 2.45) is 0 Å². The summed E-state index contributed by atoms with van der Waals surface area (Å²) in [5, 5.41) is 13.6. The molecule has 0 atom stereocenters. The highest BCUT2D eigenvalue weighted by molar-refractivity contribution is 5.36. The highest BCUT2D eigenvalue weighted by Gasteiger charge is 2.16. The van der Waals surface area contributed by atoms with Crippen molar-refractivity contribution in [1.82, 2.24) is 5.32 Å². The Balaban J connectivity index is 2.33. The van der Waals surface area contributed by atoms with Crippen molar-refractivity contribution in [3.8, 4) is 0 Å². The fourth-order valence-corrected chi connectivity index (χ4v) is 1.61. The van der Waals surface area contributed by atoms with Crippen LogP contribution >= 0.6 is 0 Å². The van der Waals surface area contributed by atoms with Gasteiger partial charge in [0.15, 0.2) is 0 Å². The second-order valence-electron chi connectivity index (χ2n) is 4.15. The second kappa shape index (κ2) is 8.55. The number of benzene rings is 1. The van der Waals surface area contributed by atoms with Gasteiger partial charge < -0.3 is 10.1 Å². The summed E-state index contributed by atoms with van der Waals surface area (Å²) >= 11 is 0. The van der Waals surface area contributed by atoms with Gasteiger partial charge in [0, 0.05) is 31.4 Å². The zero-order valence-electron chi connectivity index (χ0n) is 11.0. The van der Waals surface area contributed by atoms with Crippen LogP contribution in [0.5, 0.6) is 0 Å². The molecule has 0 unspecified atom stereocenters. The van der Waals surface area contributed by atoms with Crippen LogP contribution < -0.4 is 5.32 Å². The largest absolute Gasteiger partial charge is 0.381 e. The van der Waals surface area contributed by atoms with Crippen molar-refractivity contribution in [2.45, 2.75) is 26.3 Å². The van der Waals surface area contributed by atoms with E-state index < -0.39 is 16.4 Å². The van der Waals surface area contributed by atoms with Gasteiger partial charge in [-0.05, 0) is 19.4 Å². The molecule has 0 aromatic heterocycles. The molecule has 0 aliphatic heterocycles. The Bertz CT molecular complexity index is 413. The number of rotatable bonds is 9. The van der Waals surface area contributed by atoms with Gasteiger partial charge in [0.1, 0.15) is 0 Å². The second-order valence-corrected chi connectivity index (χ2v) is 4.15. The molecule has 0 fully saturated rings. The molecule has 0 heterocycles. The molecule has 1 rings (SSSR count). The SMILES string of the molecule is CCCOCCCNCc1cccc([N+](=O)[O-])c1F. The molecule has 1 aromatic carbocycles. The van der Waals surface area contributed by atoms with Crippen molar-refractivity contribution in [2.75, 3.05) is 19.8 Å². The van der Waals surface area contributed by atoms with Crippen molar-refractivity contribution < 1.29 is 14.1 Å². The molecule has 19 heavy (non-hydrogen) atoms. The number of ether oxygens (including phenoxy) is 1. The quantitative estimate of drug-likeness (QED) is 0.425. The van der Waals surface area contributed by atoms with E-state index >= 15 is 0 Å². The Kier molecular flexibility index (Phi) is 6.99. The molecule has 1 aromatic rings. The van der Waals surface area contributed by atoms with Crippen LogP contribution in [0.15, 0.2) is 18.2 Å². The third kappa shape index (κ3) is 5.32. The van der Waals surface area contributed by atoms with Crippen LogP contribution in [0, 0.1) is 15.9 Å². The number of nitrogens with one attached hydrogen (secondary N) is 1. The van der Waals surface area contributed by atoms with Gasteiger partial charge in [0.25, 0.3) is 0 Å². The molecule has 0 aliphatic rings. The number of nitrogens with zero attached hydrogens (tertiary/aromatic N) is 1. The molecule has 0 saturated carbocycles. The lowest BCUT2D eigenvalue weighted by Gasteiger charge is -2.06. The van der Waals surface area contributed by atoms with Crippen molar-refractivity contribution >= 4 is 5.69 Å². The summed E-state index contributed by atoms with van der Waals surface area (Å²) in [7, 11) is 0. The van der Waals surface area contributed by atoms with Crippen molar-refractivity contribution in [3.63, 3.8) is 0 Å². The predicted octanol–water partition coefficient (Wildman–Crippen LogP) is 2.64. The Morgan fingerprint density at radius 2 is 2.21 bits per heavy atom.